The van der Waals surface area contributed by atoms with E-state index in [1.54, 1.807) is 0 Å². The summed E-state index contributed by atoms with van der Waals surface area (Å²) in [4.78, 5) is 1.94. The fourth-order valence-electron chi connectivity index (χ4n) is 1.89. The summed E-state index contributed by atoms with van der Waals surface area (Å²) >= 11 is 0. The minimum atomic E-state index is -0.412. The Kier molecular flexibility index (Phi) is 6.90. The first-order chi connectivity index (χ1) is 8.61. The van der Waals surface area contributed by atoms with Crippen LogP contribution in [0.5, 0.6) is 0 Å². The molecule has 2 unspecified atom stereocenters. The molecule has 0 amide bonds. The molecule has 0 saturated carbocycles. The van der Waals surface area contributed by atoms with Gasteiger partial charge in [-0.1, -0.05) is 30.3 Å². The number of benzene rings is 1. The SMILES string of the molecule is CN(C)CC(O)CNC(CO)Cc1ccccc1. The number of rotatable bonds is 8. The van der Waals surface area contributed by atoms with Crippen LogP contribution in [0, 0.1) is 0 Å². The molecule has 0 aliphatic heterocycles. The Hall–Kier alpha value is -0.940. The van der Waals surface area contributed by atoms with E-state index < -0.39 is 6.10 Å². The van der Waals surface area contributed by atoms with Crippen molar-refractivity contribution in [1.82, 2.24) is 10.2 Å². The molecule has 0 fully saturated rings. The van der Waals surface area contributed by atoms with Gasteiger partial charge in [-0.15, -0.1) is 0 Å². The Morgan fingerprint density at radius 1 is 1.22 bits per heavy atom. The van der Waals surface area contributed by atoms with Crippen LogP contribution in [-0.2, 0) is 6.42 Å². The fraction of sp³-hybridized carbons (Fsp3) is 0.571. The van der Waals surface area contributed by atoms with E-state index in [0.29, 0.717) is 13.1 Å². The number of likely N-dealkylation sites (N-methyl/N-ethyl adjacent to an activating group) is 1. The molecule has 2 atom stereocenters. The average Bonchev–Trinajstić information content (AvgIpc) is 2.35. The van der Waals surface area contributed by atoms with Crippen LogP contribution in [0.1, 0.15) is 5.56 Å². The second kappa shape index (κ2) is 8.21. The van der Waals surface area contributed by atoms with Crippen LogP contribution in [0.2, 0.25) is 0 Å². The highest BCUT2D eigenvalue weighted by Gasteiger charge is 2.11. The maximum Gasteiger partial charge on any atom is 0.0791 e. The molecular weight excluding hydrogens is 228 g/mol. The summed E-state index contributed by atoms with van der Waals surface area (Å²) < 4.78 is 0. The van der Waals surface area contributed by atoms with Crippen molar-refractivity contribution in [1.29, 1.82) is 0 Å². The first-order valence-electron chi connectivity index (χ1n) is 6.32. The topological polar surface area (TPSA) is 55.7 Å². The van der Waals surface area contributed by atoms with Gasteiger partial charge in [0.25, 0.3) is 0 Å². The normalized spacial score (nSPS) is 14.7. The molecule has 1 rings (SSSR count). The minimum Gasteiger partial charge on any atom is -0.395 e. The molecule has 0 aromatic heterocycles. The van der Waals surface area contributed by atoms with Crippen LogP contribution < -0.4 is 5.32 Å². The Balaban J connectivity index is 2.34. The lowest BCUT2D eigenvalue weighted by Crippen LogP contribution is -2.42. The third-order valence-electron chi connectivity index (χ3n) is 2.76. The first-order valence-corrected chi connectivity index (χ1v) is 6.32. The third-order valence-corrected chi connectivity index (χ3v) is 2.76. The summed E-state index contributed by atoms with van der Waals surface area (Å²) in [6, 6.07) is 10.0. The lowest BCUT2D eigenvalue weighted by molar-refractivity contribution is 0.125. The van der Waals surface area contributed by atoms with Crippen molar-refractivity contribution in [2.75, 3.05) is 33.8 Å². The Morgan fingerprint density at radius 3 is 2.44 bits per heavy atom. The number of nitrogens with one attached hydrogen (secondary N) is 1. The predicted molar refractivity (Wildman–Crippen MR) is 73.6 cm³/mol. The zero-order valence-electron chi connectivity index (χ0n) is 11.2. The lowest BCUT2D eigenvalue weighted by Gasteiger charge is -2.21. The maximum atomic E-state index is 9.74. The van der Waals surface area contributed by atoms with Gasteiger partial charge in [0.2, 0.25) is 0 Å². The van der Waals surface area contributed by atoms with Crippen molar-refractivity contribution in [3.05, 3.63) is 35.9 Å². The largest absolute Gasteiger partial charge is 0.395 e. The molecule has 0 aliphatic rings. The Morgan fingerprint density at radius 2 is 1.89 bits per heavy atom. The number of nitrogens with zero attached hydrogens (tertiary/aromatic N) is 1. The lowest BCUT2D eigenvalue weighted by atomic mass is 10.1. The standard InChI is InChI=1S/C14H24N2O2/c1-16(2)10-14(18)9-15-13(11-17)8-12-6-4-3-5-7-12/h3-7,13-15,17-18H,8-11H2,1-2H3. The highest BCUT2D eigenvalue weighted by atomic mass is 16.3. The van der Waals surface area contributed by atoms with E-state index in [4.69, 9.17) is 0 Å². The van der Waals surface area contributed by atoms with Gasteiger partial charge in [-0.3, -0.25) is 0 Å². The molecule has 0 spiro atoms. The number of hydrogen-bond donors (Lipinski definition) is 3. The summed E-state index contributed by atoms with van der Waals surface area (Å²) in [6.07, 6.45) is 0.358. The van der Waals surface area contributed by atoms with Gasteiger partial charge >= 0.3 is 0 Å². The molecule has 18 heavy (non-hydrogen) atoms. The molecule has 0 aliphatic carbocycles. The van der Waals surface area contributed by atoms with E-state index in [1.807, 2.05) is 49.3 Å². The van der Waals surface area contributed by atoms with Gasteiger partial charge < -0.3 is 20.4 Å². The van der Waals surface area contributed by atoms with Crippen LogP contribution in [0.3, 0.4) is 0 Å². The van der Waals surface area contributed by atoms with Crippen molar-refractivity contribution in [3.8, 4) is 0 Å². The monoisotopic (exact) mass is 252 g/mol. The van der Waals surface area contributed by atoms with Gasteiger partial charge in [-0.05, 0) is 26.1 Å². The zero-order valence-corrected chi connectivity index (χ0v) is 11.2. The first kappa shape index (κ1) is 15.1. The second-order valence-electron chi connectivity index (χ2n) is 4.89. The Labute approximate surface area is 109 Å². The van der Waals surface area contributed by atoms with Gasteiger partial charge in [0.05, 0.1) is 12.7 Å². The van der Waals surface area contributed by atoms with Gasteiger partial charge in [0, 0.05) is 19.1 Å². The van der Waals surface area contributed by atoms with Crippen LogP contribution >= 0.6 is 0 Å². The number of hydrogen-bond acceptors (Lipinski definition) is 4. The maximum absolute atomic E-state index is 9.74. The van der Waals surface area contributed by atoms with Crippen molar-refractivity contribution in [2.24, 2.45) is 0 Å². The molecule has 1 aromatic carbocycles. The summed E-state index contributed by atoms with van der Waals surface area (Å²) in [6.45, 7) is 1.19. The highest BCUT2D eigenvalue weighted by Crippen LogP contribution is 2.02. The third kappa shape index (κ3) is 6.12. The number of aliphatic hydroxyl groups is 2. The molecule has 0 saturated heterocycles. The molecule has 3 N–H and O–H groups in total. The average molecular weight is 252 g/mol. The summed E-state index contributed by atoms with van der Waals surface area (Å²) in [5.74, 6) is 0. The van der Waals surface area contributed by atoms with Gasteiger partial charge in [0.15, 0.2) is 0 Å². The van der Waals surface area contributed by atoms with E-state index in [9.17, 15) is 10.2 Å². The molecule has 1 aromatic rings. The molecule has 102 valence electrons. The molecule has 0 radical (unpaired) electrons. The van der Waals surface area contributed by atoms with Crippen LogP contribution in [0.4, 0.5) is 0 Å². The molecular formula is C14H24N2O2. The van der Waals surface area contributed by atoms with Crippen LogP contribution in [0.15, 0.2) is 30.3 Å². The fourth-order valence-corrected chi connectivity index (χ4v) is 1.89. The minimum absolute atomic E-state index is 0.00999. The van der Waals surface area contributed by atoms with Gasteiger partial charge in [-0.25, -0.2) is 0 Å². The van der Waals surface area contributed by atoms with E-state index in [2.05, 4.69) is 5.32 Å². The zero-order chi connectivity index (χ0) is 13.4. The molecule has 4 heteroatoms. The Bertz CT molecular complexity index is 317. The molecule has 0 heterocycles. The van der Waals surface area contributed by atoms with E-state index in [1.165, 1.54) is 5.56 Å². The van der Waals surface area contributed by atoms with E-state index >= 15 is 0 Å². The van der Waals surface area contributed by atoms with E-state index in [-0.39, 0.29) is 12.6 Å². The van der Waals surface area contributed by atoms with Gasteiger partial charge in [0.1, 0.15) is 0 Å². The quantitative estimate of drug-likeness (QED) is 0.614. The van der Waals surface area contributed by atoms with Crippen molar-refractivity contribution in [2.45, 2.75) is 18.6 Å². The van der Waals surface area contributed by atoms with Crippen LogP contribution in [0.25, 0.3) is 0 Å². The summed E-state index contributed by atoms with van der Waals surface area (Å²) in [5.41, 5.74) is 1.19. The van der Waals surface area contributed by atoms with Crippen molar-refractivity contribution in [3.63, 3.8) is 0 Å². The van der Waals surface area contributed by atoms with E-state index in [0.717, 1.165) is 6.42 Å². The summed E-state index contributed by atoms with van der Waals surface area (Å²) in [7, 11) is 3.85. The molecule has 4 nitrogen and oxygen atoms in total. The highest BCUT2D eigenvalue weighted by molar-refractivity contribution is 5.15. The van der Waals surface area contributed by atoms with Gasteiger partial charge in [-0.2, -0.15) is 0 Å². The smallest absolute Gasteiger partial charge is 0.0791 e. The van der Waals surface area contributed by atoms with Crippen LogP contribution in [-0.4, -0.2) is 61.1 Å². The predicted octanol–water partition coefficient (Wildman–Crippen LogP) is 0.102. The van der Waals surface area contributed by atoms with Crippen molar-refractivity contribution < 1.29 is 10.2 Å². The molecule has 0 bridgehead atoms. The second-order valence-corrected chi connectivity index (χ2v) is 4.89. The number of aliphatic hydroxyl groups excluding tert-OH is 2. The van der Waals surface area contributed by atoms with Crippen molar-refractivity contribution >= 4 is 0 Å². The summed E-state index contributed by atoms with van der Waals surface area (Å²) in [5, 5.41) is 22.3.